The van der Waals surface area contributed by atoms with Gasteiger partial charge in [0, 0.05) is 16.5 Å². The molecule has 0 aliphatic rings. The molecule has 1 N–H and O–H groups in total. The molecule has 0 amide bonds. The molecule has 0 aliphatic heterocycles. The molecule has 3 nitrogen and oxygen atoms in total. The topological polar surface area (TPSA) is 42.1 Å². The number of hydrogen-bond acceptors (Lipinski definition) is 3. The second-order valence-electron chi connectivity index (χ2n) is 4.05. The van der Waals surface area contributed by atoms with Crippen LogP contribution in [0.1, 0.15) is 0 Å². The number of H-pyrrole nitrogens is 1. The van der Waals surface area contributed by atoms with Gasteiger partial charge in [0.1, 0.15) is 4.70 Å². The van der Waals surface area contributed by atoms with Gasteiger partial charge in [0.25, 0.3) is 5.56 Å². The maximum absolute atomic E-state index is 13.7. The van der Waals surface area contributed by atoms with Gasteiger partial charge >= 0.3 is 0 Å². The molecule has 5 heteroatoms. The van der Waals surface area contributed by atoms with Crippen LogP contribution in [-0.4, -0.2) is 12.1 Å². The van der Waals surface area contributed by atoms with Gasteiger partial charge in [-0.3, -0.25) is 4.79 Å². The first-order valence-electron chi connectivity index (χ1n) is 5.64. The first-order chi connectivity index (χ1) is 9.19. The molecular weight excluding hydrogens is 265 g/mol. The molecule has 3 rings (SSSR count). The minimum Gasteiger partial charge on any atom is -0.494 e. The highest BCUT2D eigenvalue weighted by Crippen LogP contribution is 2.33. The summed E-state index contributed by atoms with van der Waals surface area (Å²) in [6.07, 6.45) is 1.61. The number of fused-ring (bicyclic) bond motifs is 1. The fourth-order valence-electron chi connectivity index (χ4n) is 1.94. The lowest BCUT2D eigenvalue weighted by atomic mass is 10.1. The van der Waals surface area contributed by atoms with Crippen molar-refractivity contribution in [3.63, 3.8) is 0 Å². The Kier molecular flexibility index (Phi) is 2.83. The van der Waals surface area contributed by atoms with Gasteiger partial charge in [-0.15, -0.1) is 11.3 Å². The Morgan fingerprint density at radius 1 is 1.26 bits per heavy atom. The summed E-state index contributed by atoms with van der Waals surface area (Å²) in [4.78, 5) is 15.1. The predicted octanol–water partition coefficient (Wildman–Crippen LogP) is 3.40. The van der Waals surface area contributed by atoms with Crippen molar-refractivity contribution in [1.29, 1.82) is 0 Å². The van der Waals surface area contributed by atoms with Gasteiger partial charge in [-0.1, -0.05) is 0 Å². The Bertz CT molecular complexity index is 807. The van der Waals surface area contributed by atoms with E-state index in [0.29, 0.717) is 4.70 Å². The van der Waals surface area contributed by atoms with Crippen LogP contribution >= 0.6 is 11.3 Å². The van der Waals surface area contributed by atoms with E-state index in [1.54, 1.807) is 18.3 Å². The van der Waals surface area contributed by atoms with E-state index in [-0.39, 0.29) is 11.3 Å². The molecule has 0 fully saturated rings. The van der Waals surface area contributed by atoms with Crippen LogP contribution in [0.4, 0.5) is 4.39 Å². The van der Waals surface area contributed by atoms with Crippen molar-refractivity contribution >= 4 is 21.4 Å². The first-order valence-corrected chi connectivity index (χ1v) is 6.46. The number of hydrogen-bond donors (Lipinski definition) is 1. The summed E-state index contributed by atoms with van der Waals surface area (Å²) >= 11 is 1.35. The summed E-state index contributed by atoms with van der Waals surface area (Å²) in [6.45, 7) is 0. The molecule has 0 atom stereocenters. The lowest BCUT2D eigenvalue weighted by Crippen LogP contribution is -2.01. The number of ether oxygens (including phenoxy) is 1. The summed E-state index contributed by atoms with van der Waals surface area (Å²) in [6, 6.07) is 8.49. The van der Waals surface area contributed by atoms with E-state index in [1.807, 2.05) is 12.1 Å². The monoisotopic (exact) mass is 275 g/mol. The summed E-state index contributed by atoms with van der Waals surface area (Å²) in [5.74, 6) is -0.200. The zero-order valence-corrected chi connectivity index (χ0v) is 10.9. The third kappa shape index (κ3) is 2.02. The van der Waals surface area contributed by atoms with Crippen LogP contribution in [0.2, 0.25) is 0 Å². The maximum Gasteiger partial charge on any atom is 0.265 e. The molecule has 0 bridgehead atoms. The van der Waals surface area contributed by atoms with Gasteiger partial charge in [0.15, 0.2) is 11.6 Å². The maximum atomic E-state index is 13.7. The number of nitrogens with one attached hydrogen (secondary N) is 1. The van der Waals surface area contributed by atoms with Crippen molar-refractivity contribution in [1.82, 2.24) is 4.98 Å². The van der Waals surface area contributed by atoms with Crippen LogP contribution in [0.15, 0.2) is 41.3 Å². The molecule has 0 aliphatic carbocycles. The summed E-state index contributed by atoms with van der Waals surface area (Å²) in [7, 11) is 1.43. The fraction of sp³-hybridized carbons (Fsp3) is 0.0714. The number of aromatic nitrogens is 1. The SMILES string of the molecule is COc1ccc(-c2cc3cc[nH]c(=O)c3s2)cc1F. The number of rotatable bonds is 2. The van der Waals surface area contributed by atoms with Gasteiger partial charge in [0.2, 0.25) is 0 Å². The summed E-state index contributed by atoms with van der Waals surface area (Å²) in [5.41, 5.74) is 0.613. The van der Waals surface area contributed by atoms with E-state index < -0.39 is 5.82 Å². The van der Waals surface area contributed by atoms with E-state index in [2.05, 4.69) is 4.98 Å². The van der Waals surface area contributed by atoms with E-state index in [4.69, 9.17) is 4.74 Å². The lowest BCUT2D eigenvalue weighted by Gasteiger charge is -2.03. The quantitative estimate of drug-likeness (QED) is 0.778. The van der Waals surface area contributed by atoms with E-state index in [1.165, 1.54) is 24.5 Å². The normalized spacial score (nSPS) is 10.8. The molecule has 0 unspecified atom stereocenters. The fourth-order valence-corrected chi connectivity index (χ4v) is 2.99. The Balaban J connectivity index is 2.16. The third-order valence-corrected chi connectivity index (χ3v) is 4.08. The number of pyridine rings is 1. The van der Waals surface area contributed by atoms with Crippen molar-refractivity contribution in [2.45, 2.75) is 0 Å². The summed E-state index contributed by atoms with van der Waals surface area (Å²) < 4.78 is 19.2. The van der Waals surface area contributed by atoms with Gasteiger partial charge < -0.3 is 9.72 Å². The highest BCUT2D eigenvalue weighted by Gasteiger charge is 2.09. The van der Waals surface area contributed by atoms with Crippen LogP contribution in [0, 0.1) is 5.82 Å². The predicted molar refractivity (Wildman–Crippen MR) is 74.4 cm³/mol. The zero-order chi connectivity index (χ0) is 13.4. The van der Waals surface area contributed by atoms with E-state index in [9.17, 15) is 9.18 Å². The van der Waals surface area contributed by atoms with Crippen molar-refractivity contribution in [3.8, 4) is 16.2 Å². The molecule has 0 radical (unpaired) electrons. The van der Waals surface area contributed by atoms with Gasteiger partial charge in [0.05, 0.1) is 7.11 Å². The van der Waals surface area contributed by atoms with Crippen LogP contribution in [0.3, 0.4) is 0 Å². The van der Waals surface area contributed by atoms with E-state index >= 15 is 0 Å². The average molecular weight is 275 g/mol. The van der Waals surface area contributed by atoms with Gasteiger partial charge in [-0.25, -0.2) is 4.39 Å². The highest BCUT2D eigenvalue weighted by molar-refractivity contribution is 7.22. The summed E-state index contributed by atoms with van der Waals surface area (Å²) in [5, 5.41) is 0.861. The highest BCUT2D eigenvalue weighted by atomic mass is 32.1. The third-order valence-electron chi connectivity index (χ3n) is 2.88. The van der Waals surface area contributed by atoms with Crippen molar-refractivity contribution < 1.29 is 9.13 Å². The molecule has 2 heterocycles. The number of thiophene rings is 1. The van der Waals surface area contributed by atoms with Gasteiger partial charge in [-0.05, 0) is 35.9 Å². The molecule has 96 valence electrons. The van der Waals surface area contributed by atoms with Crippen LogP contribution in [0.5, 0.6) is 5.75 Å². The number of halogens is 1. The second kappa shape index (κ2) is 4.51. The molecular formula is C14H10FNO2S. The molecule has 1 aromatic carbocycles. The molecule has 2 aromatic heterocycles. The minimum atomic E-state index is -0.411. The molecule has 19 heavy (non-hydrogen) atoms. The van der Waals surface area contributed by atoms with Crippen LogP contribution in [0.25, 0.3) is 20.5 Å². The number of methoxy groups -OCH3 is 1. The standard InChI is InChI=1S/C14H10FNO2S/c1-18-11-3-2-8(6-10(11)15)12-7-9-4-5-16-14(17)13(9)19-12/h2-7H,1H3,(H,16,17). The van der Waals surface area contributed by atoms with Crippen LogP contribution in [-0.2, 0) is 0 Å². The molecule has 0 spiro atoms. The zero-order valence-electron chi connectivity index (χ0n) is 10.1. The Morgan fingerprint density at radius 2 is 2.11 bits per heavy atom. The van der Waals surface area contributed by atoms with Crippen molar-refractivity contribution in [2.24, 2.45) is 0 Å². The van der Waals surface area contributed by atoms with Crippen molar-refractivity contribution in [2.75, 3.05) is 7.11 Å². The largest absolute Gasteiger partial charge is 0.494 e. The van der Waals surface area contributed by atoms with Crippen LogP contribution < -0.4 is 10.3 Å². The molecule has 0 saturated carbocycles. The van der Waals surface area contributed by atoms with Crippen molar-refractivity contribution in [3.05, 3.63) is 52.7 Å². The average Bonchev–Trinajstić information content (AvgIpc) is 2.84. The first kappa shape index (κ1) is 11.9. The number of aromatic amines is 1. The Hall–Kier alpha value is -2.14. The Morgan fingerprint density at radius 3 is 2.79 bits per heavy atom. The lowest BCUT2D eigenvalue weighted by molar-refractivity contribution is 0.386. The second-order valence-corrected chi connectivity index (χ2v) is 5.10. The van der Waals surface area contributed by atoms with E-state index in [0.717, 1.165) is 15.8 Å². The number of benzene rings is 1. The smallest absolute Gasteiger partial charge is 0.265 e. The Labute approximate surface area is 112 Å². The molecule has 3 aromatic rings. The molecule has 0 saturated heterocycles. The van der Waals surface area contributed by atoms with Gasteiger partial charge in [-0.2, -0.15) is 0 Å². The minimum absolute atomic E-state index is 0.122.